The first-order valence-corrected chi connectivity index (χ1v) is 9.33. The molecule has 1 aromatic carbocycles. The van der Waals surface area contributed by atoms with Crippen LogP contribution in [0.1, 0.15) is 19.8 Å². The molecule has 0 spiro atoms. The van der Waals surface area contributed by atoms with Crippen LogP contribution in [0, 0.1) is 5.82 Å². The van der Waals surface area contributed by atoms with E-state index in [0.717, 1.165) is 12.1 Å². The molecule has 0 unspecified atom stereocenters. The summed E-state index contributed by atoms with van der Waals surface area (Å²) in [5, 5.41) is 8.84. The number of hydrogen-bond acceptors (Lipinski definition) is 5. The average Bonchev–Trinajstić information content (AvgIpc) is 2.49. The summed E-state index contributed by atoms with van der Waals surface area (Å²) in [6.07, 6.45) is 0.852. The monoisotopic (exact) mass is 396 g/mol. The van der Waals surface area contributed by atoms with Crippen LogP contribution in [-0.2, 0) is 14.8 Å². The Morgan fingerprint density at radius 3 is 2.58 bits per heavy atom. The van der Waals surface area contributed by atoms with Crippen LogP contribution >= 0.6 is 0 Å². The molecule has 1 fully saturated rings. The zero-order chi connectivity index (χ0) is 19.5. The number of benzene rings is 1. The molecule has 146 valence electrons. The number of sulfonamides is 1. The number of ether oxygens (including phenoxy) is 1. The van der Waals surface area contributed by atoms with Gasteiger partial charge in [-0.05, 0) is 37.6 Å². The molecule has 0 amide bonds. The van der Waals surface area contributed by atoms with Crippen LogP contribution in [0.4, 0.5) is 13.2 Å². The Bertz CT molecular complexity index is 754. The van der Waals surface area contributed by atoms with Crippen molar-refractivity contribution in [2.45, 2.75) is 43.4 Å². The van der Waals surface area contributed by atoms with Gasteiger partial charge < -0.3 is 9.84 Å². The second-order valence-corrected chi connectivity index (χ2v) is 7.58. The first-order chi connectivity index (χ1) is 12.1. The Morgan fingerprint density at radius 1 is 1.42 bits per heavy atom. The Labute approximate surface area is 148 Å². The molecule has 0 aliphatic heterocycles. The van der Waals surface area contributed by atoms with Crippen molar-refractivity contribution >= 4 is 16.0 Å². The van der Waals surface area contributed by atoms with Crippen LogP contribution in [0.5, 0.6) is 5.75 Å². The van der Waals surface area contributed by atoms with Crippen molar-refractivity contribution in [3.05, 3.63) is 24.0 Å². The summed E-state index contributed by atoms with van der Waals surface area (Å²) in [4.78, 5) is 12.1. The van der Waals surface area contributed by atoms with Crippen molar-refractivity contribution in [1.29, 1.82) is 0 Å². The van der Waals surface area contributed by atoms with E-state index in [1.165, 1.54) is 0 Å². The highest BCUT2D eigenvalue weighted by Crippen LogP contribution is 2.28. The Hall–Kier alpha value is -1.85. The number of aliphatic carboxylic acids is 1. The van der Waals surface area contributed by atoms with E-state index in [1.54, 1.807) is 4.90 Å². The smallest absolute Gasteiger partial charge is 0.387 e. The van der Waals surface area contributed by atoms with Crippen LogP contribution < -0.4 is 9.46 Å². The summed E-state index contributed by atoms with van der Waals surface area (Å²) in [5.41, 5.74) is 0. The molecule has 1 aliphatic carbocycles. The van der Waals surface area contributed by atoms with E-state index in [9.17, 15) is 26.4 Å². The molecule has 11 heteroatoms. The van der Waals surface area contributed by atoms with Gasteiger partial charge >= 0.3 is 12.6 Å². The predicted molar refractivity (Wildman–Crippen MR) is 85.0 cm³/mol. The quantitative estimate of drug-likeness (QED) is 0.659. The molecule has 1 aliphatic rings. The molecule has 0 atom stereocenters. The van der Waals surface area contributed by atoms with Gasteiger partial charge in [-0.15, -0.1) is 0 Å². The average molecular weight is 396 g/mol. The molecule has 2 N–H and O–H groups in total. The number of rotatable bonds is 9. The predicted octanol–water partition coefficient (Wildman–Crippen LogP) is 1.64. The minimum Gasteiger partial charge on any atom is -0.480 e. The molecule has 0 bridgehead atoms. The van der Waals surface area contributed by atoms with E-state index in [0.29, 0.717) is 25.5 Å². The van der Waals surface area contributed by atoms with E-state index in [4.69, 9.17) is 5.11 Å². The van der Waals surface area contributed by atoms with Gasteiger partial charge in [-0.2, -0.15) is 8.78 Å². The van der Waals surface area contributed by atoms with Crippen molar-refractivity contribution in [1.82, 2.24) is 9.62 Å². The van der Waals surface area contributed by atoms with E-state index in [1.807, 2.05) is 6.92 Å². The van der Waals surface area contributed by atoms with Crippen LogP contribution in [0.3, 0.4) is 0 Å². The molecule has 1 aromatic rings. The lowest BCUT2D eigenvalue weighted by Gasteiger charge is -2.42. The summed E-state index contributed by atoms with van der Waals surface area (Å²) >= 11 is 0. The van der Waals surface area contributed by atoms with Crippen LogP contribution in [0.15, 0.2) is 23.1 Å². The highest BCUT2D eigenvalue weighted by atomic mass is 32.2. The maximum absolute atomic E-state index is 13.7. The highest BCUT2D eigenvalue weighted by Gasteiger charge is 2.36. The third kappa shape index (κ3) is 5.08. The molecule has 26 heavy (non-hydrogen) atoms. The van der Waals surface area contributed by atoms with Gasteiger partial charge in [0.05, 0.1) is 11.4 Å². The lowest BCUT2D eigenvalue weighted by Crippen LogP contribution is -2.54. The minimum atomic E-state index is -4.03. The summed E-state index contributed by atoms with van der Waals surface area (Å²) in [6, 6.07) is 1.95. The highest BCUT2D eigenvalue weighted by molar-refractivity contribution is 7.89. The van der Waals surface area contributed by atoms with E-state index >= 15 is 0 Å². The molecule has 0 heterocycles. The van der Waals surface area contributed by atoms with Gasteiger partial charge in [0.15, 0.2) is 11.6 Å². The molecule has 0 saturated heterocycles. The molecule has 2 rings (SSSR count). The van der Waals surface area contributed by atoms with E-state index in [2.05, 4.69) is 9.46 Å². The standard InChI is InChI=1S/C15H19F3N2O5S/c1-2-20(8-14(21)22)10-5-9(6-10)19-26(23,24)11-3-4-13(12(16)7-11)25-15(17)18/h3-4,7,9-10,15,19H,2,5-6,8H2,1H3,(H,21,22). The van der Waals surface area contributed by atoms with Gasteiger partial charge in [0, 0.05) is 12.1 Å². The topological polar surface area (TPSA) is 95.9 Å². The number of likely N-dealkylation sites (N-methyl/N-ethyl adjacent to an activating group) is 1. The molecule has 0 aromatic heterocycles. The number of nitrogens with one attached hydrogen (secondary N) is 1. The SMILES string of the molecule is CCN(CC(=O)O)C1CC(NS(=O)(=O)c2ccc(OC(F)F)c(F)c2)C1. The summed E-state index contributed by atoms with van der Waals surface area (Å²) in [7, 11) is -4.03. The fourth-order valence-corrected chi connectivity index (χ4v) is 4.06. The zero-order valence-electron chi connectivity index (χ0n) is 13.9. The summed E-state index contributed by atoms with van der Waals surface area (Å²) < 4.78 is 68.8. The lowest BCUT2D eigenvalue weighted by atomic mass is 9.86. The third-order valence-electron chi connectivity index (χ3n) is 4.13. The maximum Gasteiger partial charge on any atom is 0.387 e. The number of alkyl halides is 2. The van der Waals surface area contributed by atoms with Gasteiger partial charge in [0.2, 0.25) is 10.0 Å². The fraction of sp³-hybridized carbons (Fsp3) is 0.533. The number of halogens is 3. The summed E-state index contributed by atoms with van der Waals surface area (Å²) in [5.74, 6) is -2.91. The Balaban J connectivity index is 1.98. The van der Waals surface area contributed by atoms with Gasteiger partial charge in [-0.1, -0.05) is 6.92 Å². The van der Waals surface area contributed by atoms with E-state index < -0.39 is 45.1 Å². The Kier molecular flexibility index (Phi) is 6.48. The normalized spacial score (nSPS) is 20.2. The second-order valence-electron chi connectivity index (χ2n) is 5.87. The van der Waals surface area contributed by atoms with Crippen molar-refractivity contribution in [2.24, 2.45) is 0 Å². The number of nitrogens with zero attached hydrogens (tertiary/aromatic N) is 1. The van der Waals surface area contributed by atoms with Gasteiger partial charge in [0.1, 0.15) is 0 Å². The van der Waals surface area contributed by atoms with Crippen LogP contribution in [-0.4, -0.2) is 56.2 Å². The Morgan fingerprint density at radius 2 is 2.08 bits per heavy atom. The van der Waals surface area contributed by atoms with Gasteiger partial charge in [-0.25, -0.2) is 17.5 Å². The number of hydrogen-bond donors (Lipinski definition) is 2. The van der Waals surface area contributed by atoms with Crippen LogP contribution in [0.2, 0.25) is 0 Å². The van der Waals surface area contributed by atoms with Crippen LogP contribution in [0.25, 0.3) is 0 Å². The number of carboxylic acid groups (broad SMARTS) is 1. The van der Waals surface area contributed by atoms with Crippen molar-refractivity contribution in [2.75, 3.05) is 13.1 Å². The largest absolute Gasteiger partial charge is 0.480 e. The molecule has 1 saturated carbocycles. The minimum absolute atomic E-state index is 0.0534. The maximum atomic E-state index is 13.7. The molecule has 0 radical (unpaired) electrons. The van der Waals surface area contributed by atoms with Crippen molar-refractivity contribution < 1.29 is 36.2 Å². The molecular formula is C15H19F3N2O5S. The summed E-state index contributed by atoms with van der Waals surface area (Å²) in [6.45, 7) is -1.01. The molecule has 7 nitrogen and oxygen atoms in total. The number of carbonyl (C=O) groups is 1. The van der Waals surface area contributed by atoms with Crippen molar-refractivity contribution in [3.63, 3.8) is 0 Å². The second kappa shape index (κ2) is 8.23. The van der Waals surface area contributed by atoms with E-state index in [-0.39, 0.29) is 12.6 Å². The fourth-order valence-electron chi connectivity index (χ4n) is 2.78. The molecular weight excluding hydrogens is 377 g/mol. The first-order valence-electron chi connectivity index (χ1n) is 7.85. The van der Waals surface area contributed by atoms with Gasteiger partial charge in [-0.3, -0.25) is 9.69 Å². The van der Waals surface area contributed by atoms with Gasteiger partial charge in [0.25, 0.3) is 0 Å². The number of carboxylic acids is 1. The lowest BCUT2D eigenvalue weighted by molar-refractivity contribution is -0.139. The van der Waals surface area contributed by atoms with Crippen molar-refractivity contribution in [3.8, 4) is 5.75 Å². The third-order valence-corrected chi connectivity index (χ3v) is 5.64. The first kappa shape index (κ1) is 20.5. The zero-order valence-corrected chi connectivity index (χ0v) is 14.7.